The average molecular weight is 291 g/mol. The van der Waals surface area contributed by atoms with Crippen molar-refractivity contribution in [3.63, 3.8) is 0 Å². The first kappa shape index (κ1) is 16.0. The molecule has 0 aliphatic carbocycles. The van der Waals surface area contributed by atoms with E-state index in [1.54, 1.807) is 0 Å². The van der Waals surface area contributed by atoms with Crippen molar-refractivity contribution in [3.8, 4) is 0 Å². The summed E-state index contributed by atoms with van der Waals surface area (Å²) < 4.78 is 0. The lowest BCUT2D eigenvalue weighted by Crippen LogP contribution is -2.44. The van der Waals surface area contributed by atoms with Crippen LogP contribution in [0.5, 0.6) is 0 Å². The van der Waals surface area contributed by atoms with Gasteiger partial charge in [-0.15, -0.1) is 0 Å². The minimum Gasteiger partial charge on any atom is -0.481 e. The molecule has 0 spiro atoms. The van der Waals surface area contributed by atoms with E-state index in [1.807, 2.05) is 25.1 Å². The molecule has 2 rings (SSSR count). The fourth-order valence-corrected chi connectivity index (χ4v) is 3.19. The summed E-state index contributed by atoms with van der Waals surface area (Å²) in [5.74, 6) is -1.52. The molecule has 1 aromatic rings. The van der Waals surface area contributed by atoms with E-state index in [1.165, 1.54) is 5.56 Å². The van der Waals surface area contributed by atoms with Crippen LogP contribution in [0.1, 0.15) is 38.2 Å². The van der Waals surface area contributed by atoms with E-state index in [4.69, 9.17) is 0 Å². The highest BCUT2D eigenvalue weighted by Crippen LogP contribution is 2.33. The summed E-state index contributed by atoms with van der Waals surface area (Å²) in [4.78, 5) is 13.6. The Morgan fingerprint density at radius 3 is 2.71 bits per heavy atom. The molecule has 0 amide bonds. The second-order valence-corrected chi connectivity index (χ2v) is 6.08. The molecule has 116 valence electrons. The maximum absolute atomic E-state index is 11.5. The third-order valence-corrected chi connectivity index (χ3v) is 4.40. The first-order valence-corrected chi connectivity index (χ1v) is 7.76. The van der Waals surface area contributed by atoms with E-state index < -0.39 is 17.5 Å². The van der Waals surface area contributed by atoms with E-state index in [0.717, 1.165) is 25.9 Å². The molecule has 1 saturated heterocycles. The van der Waals surface area contributed by atoms with Gasteiger partial charge in [0.15, 0.2) is 0 Å². The lowest BCUT2D eigenvalue weighted by Gasteiger charge is -2.30. The molecule has 0 radical (unpaired) electrons. The summed E-state index contributed by atoms with van der Waals surface area (Å²) in [5.41, 5.74) is 0.109. The number of hydrogen-bond acceptors (Lipinski definition) is 3. The van der Waals surface area contributed by atoms with Crippen molar-refractivity contribution in [2.24, 2.45) is 5.92 Å². The predicted molar refractivity (Wildman–Crippen MR) is 81.9 cm³/mol. The smallest absolute Gasteiger partial charge is 0.309 e. The van der Waals surface area contributed by atoms with Gasteiger partial charge in [-0.3, -0.25) is 9.69 Å². The van der Waals surface area contributed by atoms with E-state index in [0.29, 0.717) is 19.4 Å². The van der Waals surface area contributed by atoms with Crippen molar-refractivity contribution in [3.05, 3.63) is 35.9 Å². The van der Waals surface area contributed by atoms with Gasteiger partial charge in [0.2, 0.25) is 0 Å². The van der Waals surface area contributed by atoms with Gasteiger partial charge in [-0.25, -0.2) is 0 Å². The molecule has 0 saturated carbocycles. The second-order valence-electron chi connectivity index (χ2n) is 6.08. The number of aliphatic carboxylic acids is 1. The highest BCUT2D eigenvalue weighted by molar-refractivity contribution is 5.71. The molecule has 0 aromatic heterocycles. The maximum atomic E-state index is 11.5. The molecule has 0 bridgehead atoms. The summed E-state index contributed by atoms with van der Waals surface area (Å²) in [6.07, 6.45) is 2.90. The number of carboxylic acid groups (broad SMARTS) is 1. The van der Waals surface area contributed by atoms with E-state index in [2.05, 4.69) is 17.0 Å². The fourth-order valence-electron chi connectivity index (χ4n) is 3.19. The van der Waals surface area contributed by atoms with Crippen molar-refractivity contribution in [2.75, 3.05) is 13.1 Å². The minimum atomic E-state index is -1.09. The quantitative estimate of drug-likeness (QED) is 0.810. The lowest BCUT2D eigenvalue weighted by molar-refractivity contribution is -0.152. The van der Waals surface area contributed by atoms with E-state index >= 15 is 0 Å². The molecule has 21 heavy (non-hydrogen) atoms. The molecule has 1 aliphatic rings. The van der Waals surface area contributed by atoms with Crippen molar-refractivity contribution < 1.29 is 15.0 Å². The normalized spacial score (nSPS) is 24.1. The van der Waals surface area contributed by atoms with Crippen LogP contribution in [0.2, 0.25) is 0 Å². The molecule has 1 fully saturated rings. The van der Waals surface area contributed by atoms with Crippen LogP contribution in [-0.2, 0) is 11.3 Å². The molecule has 2 N–H and O–H groups in total. The molecule has 2 atom stereocenters. The number of benzene rings is 1. The number of likely N-dealkylation sites (tertiary alicyclic amines) is 1. The number of unbranched alkanes of at least 4 members (excludes halogenated alkanes) is 1. The zero-order chi connectivity index (χ0) is 15.3. The van der Waals surface area contributed by atoms with Gasteiger partial charge in [-0.05, 0) is 18.4 Å². The van der Waals surface area contributed by atoms with Crippen molar-refractivity contribution in [2.45, 2.75) is 44.8 Å². The van der Waals surface area contributed by atoms with Crippen LogP contribution in [0.3, 0.4) is 0 Å². The number of carbonyl (C=O) groups is 1. The molecular weight excluding hydrogens is 266 g/mol. The van der Waals surface area contributed by atoms with E-state index in [-0.39, 0.29) is 0 Å². The third-order valence-electron chi connectivity index (χ3n) is 4.40. The van der Waals surface area contributed by atoms with Crippen LogP contribution in [0.15, 0.2) is 30.3 Å². The highest BCUT2D eigenvalue weighted by atomic mass is 16.4. The molecular formula is C17H25NO3. The van der Waals surface area contributed by atoms with Crippen LogP contribution in [0, 0.1) is 5.92 Å². The Morgan fingerprint density at radius 1 is 1.38 bits per heavy atom. The van der Waals surface area contributed by atoms with Gasteiger partial charge in [0.05, 0.1) is 11.5 Å². The molecule has 4 heteroatoms. The van der Waals surface area contributed by atoms with Gasteiger partial charge in [-0.2, -0.15) is 0 Å². The second kappa shape index (κ2) is 7.05. The maximum Gasteiger partial charge on any atom is 0.309 e. The number of hydrogen-bond donors (Lipinski definition) is 2. The van der Waals surface area contributed by atoms with Crippen LogP contribution >= 0.6 is 0 Å². The van der Waals surface area contributed by atoms with Gasteiger partial charge in [0, 0.05) is 19.6 Å². The predicted octanol–water partition coefficient (Wildman–Crippen LogP) is 2.51. The third kappa shape index (κ3) is 4.05. The van der Waals surface area contributed by atoms with Crippen molar-refractivity contribution >= 4 is 5.97 Å². The Hall–Kier alpha value is -1.39. The summed E-state index contributed by atoms with van der Waals surface area (Å²) in [5, 5.41) is 20.2. The standard InChI is InChI=1S/C17H25NO3/c1-2-3-9-15(16(19)20)17(21)10-11-18(13-17)12-14-7-5-4-6-8-14/h4-8,15,21H,2-3,9-13H2,1H3,(H,19,20). The van der Waals surface area contributed by atoms with Gasteiger partial charge < -0.3 is 10.2 Å². The van der Waals surface area contributed by atoms with Crippen LogP contribution < -0.4 is 0 Å². The number of carboxylic acids is 1. The molecule has 4 nitrogen and oxygen atoms in total. The Kier molecular flexibility index (Phi) is 5.37. The number of rotatable bonds is 7. The summed E-state index contributed by atoms with van der Waals surface area (Å²) in [6.45, 7) is 4.01. The first-order valence-electron chi connectivity index (χ1n) is 7.76. The van der Waals surface area contributed by atoms with Crippen molar-refractivity contribution in [1.29, 1.82) is 0 Å². The first-order chi connectivity index (χ1) is 10.0. The largest absolute Gasteiger partial charge is 0.481 e. The molecule has 1 aliphatic heterocycles. The molecule has 1 aromatic carbocycles. The zero-order valence-electron chi connectivity index (χ0n) is 12.7. The minimum absolute atomic E-state index is 0.447. The summed E-state index contributed by atoms with van der Waals surface area (Å²) in [6, 6.07) is 10.1. The fraction of sp³-hybridized carbons (Fsp3) is 0.588. The number of nitrogens with zero attached hydrogens (tertiary/aromatic N) is 1. The van der Waals surface area contributed by atoms with Gasteiger partial charge in [0.1, 0.15) is 0 Å². The van der Waals surface area contributed by atoms with Crippen LogP contribution in [-0.4, -0.2) is 39.8 Å². The van der Waals surface area contributed by atoms with E-state index in [9.17, 15) is 15.0 Å². The Bertz CT molecular complexity index is 462. The Morgan fingerprint density at radius 2 is 2.10 bits per heavy atom. The molecule has 1 heterocycles. The number of β-amino-alcohol motifs (C(OH)–C–C–N with tert-alkyl or cyclic N) is 1. The van der Waals surface area contributed by atoms with Crippen LogP contribution in [0.4, 0.5) is 0 Å². The van der Waals surface area contributed by atoms with Gasteiger partial charge in [-0.1, -0.05) is 50.1 Å². The van der Waals surface area contributed by atoms with Crippen molar-refractivity contribution in [1.82, 2.24) is 4.90 Å². The topological polar surface area (TPSA) is 60.8 Å². The average Bonchev–Trinajstić information content (AvgIpc) is 2.82. The number of aliphatic hydroxyl groups is 1. The Balaban J connectivity index is 1.99. The summed E-state index contributed by atoms with van der Waals surface area (Å²) >= 11 is 0. The molecule has 2 unspecified atom stereocenters. The summed E-state index contributed by atoms with van der Waals surface area (Å²) in [7, 11) is 0. The van der Waals surface area contributed by atoms with Gasteiger partial charge in [0.25, 0.3) is 0 Å². The lowest BCUT2D eigenvalue weighted by atomic mass is 9.83. The van der Waals surface area contributed by atoms with Crippen LogP contribution in [0.25, 0.3) is 0 Å². The van der Waals surface area contributed by atoms with Gasteiger partial charge >= 0.3 is 5.97 Å². The SMILES string of the molecule is CCCCC(C(=O)O)C1(O)CCN(Cc2ccccc2)C1. The monoisotopic (exact) mass is 291 g/mol. The highest BCUT2D eigenvalue weighted by Gasteiger charge is 2.45. The zero-order valence-corrected chi connectivity index (χ0v) is 12.7. The Labute approximate surface area is 126 Å².